The van der Waals surface area contributed by atoms with Crippen LogP contribution in [0.25, 0.3) is 5.52 Å². The van der Waals surface area contributed by atoms with E-state index >= 15 is 0 Å². The van der Waals surface area contributed by atoms with E-state index in [0.717, 1.165) is 41.9 Å². The number of thiophene rings is 1. The molecule has 1 amide bonds. The summed E-state index contributed by atoms with van der Waals surface area (Å²) in [7, 11) is 1.38. The molecule has 3 heterocycles. The Kier molecular flexibility index (Phi) is 5.18. The summed E-state index contributed by atoms with van der Waals surface area (Å²) in [6, 6.07) is 5.85. The second kappa shape index (κ2) is 7.74. The average molecular weight is 402 g/mol. The third-order valence-corrected chi connectivity index (χ3v) is 6.72. The van der Waals surface area contributed by atoms with Gasteiger partial charge >= 0.3 is 5.97 Å². The molecule has 0 fully saturated rings. The Morgan fingerprint density at radius 2 is 2.19 bits per heavy atom. The van der Waals surface area contributed by atoms with Crippen LogP contribution in [0.1, 0.15) is 33.6 Å². The number of thioether (sulfide) groups is 1. The zero-order valence-electron chi connectivity index (χ0n) is 14.9. The maximum atomic E-state index is 12.5. The SMILES string of the molecule is COC(=O)c1c(NC(=O)CSc2ncc3ccccn23)sc2c1CCCC2. The van der Waals surface area contributed by atoms with E-state index in [1.165, 1.54) is 35.1 Å². The number of ether oxygens (including phenoxy) is 1. The monoisotopic (exact) mass is 401 g/mol. The second-order valence-electron chi connectivity index (χ2n) is 6.28. The van der Waals surface area contributed by atoms with Crippen LogP contribution in [0, 0.1) is 0 Å². The van der Waals surface area contributed by atoms with Crippen molar-refractivity contribution in [3.05, 3.63) is 46.6 Å². The van der Waals surface area contributed by atoms with Crippen molar-refractivity contribution in [3.8, 4) is 0 Å². The van der Waals surface area contributed by atoms with Crippen LogP contribution in [0.15, 0.2) is 35.7 Å². The van der Waals surface area contributed by atoms with Gasteiger partial charge in [0.15, 0.2) is 5.16 Å². The molecule has 1 N–H and O–H groups in total. The molecule has 0 aromatic carbocycles. The molecule has 8 heteroatoms. The molecule has 0 unspecified atom stereocenters. The van der Waals surface area contributed by atoms with E-state index in [-0.39, 0.29) is 17.6 Å². The minimum atomic E-state index is -0.378. The largest absolute Gasteiger partial charge is 0.465 e. The first-order valence-electron chi connectivity index (χ1n) is 8.75. The molecule has 0 bridgehead atoms. The van der Waals surface area contributed by atoms with Crippen molar-refractivity contribution < 1.29 is 14.3 Å². The molecule has 27 heavy (non-hydrogen) atoms. The number of amides is 1. The van der Waals surface area contributed by atoms with Crippen LogP contribution >= 0.6 is 23.1 Å². The topological polar surface area (TPSA) is 72.7 Å². The number of nitrogens with one attached hydrogen (secondary N) is 1. The van der Waals surface area contributed by atoms with Gasteiger partial charge in [0.25, 0.3) is 0 Å². The highest BCUT2D eigenvalue weighted by molar-refractivity contribution is 7.99. The van der Waals surface area contributed by atoms with Crippen molar-refractivity contribution in [2.75, 3.05) is 18.2 Å². The van der Waals surface area contributed by atoms with Gasteiger partial charge in [-0.3, -0.25) is 9.20 Å². The summed E-state index contributed by atoms with van der Waals surface area (Å²) in [5.41, 5.74) is 2.56. The van der Waals surface area contributed by atoms with Crippen molar-refractivity contribution in [1.29, 1.82) is 0 Å². The fourth-order valence-corrected chi connectivity index (χ4v) is 5.35. The highest BCUT2D eigenvalue weighted by Gasteiger charge is 2.26. The maximum absolute atomic E-state index is 12.5. The molecule has 0 spiro atoms. The van der Waals surface area contributed by atoms with Gasteiger partial charge in [-0.25, -0.2) is 9.78 Å². The van der Waals surface area contributed by atoms with Crippen LogP contribution < -0.4 is 5.32 Å². The van der Waals surface area contributed by atoms with Crippen LogP contribution in [-0.4, -0.2) is 34.1 Å². The molecule has 0 saturated heterocycles. The fourth-order valence-electron chi connectivity index (χ4n) is 3.29. The summed E-state index contributed by atoms with van der Waals surface area (Å²) < 4.78 is 6.89. The van der Waals surface area contributed by atoms with Crippen molar-refractivity contribution in [2.45, 2.75) is 30.8 Å². The van der Waals surface area contributed by atoms with E-state index in [1.807, 2.05) is 28.8 Å². The van der Waals surface area contributed by atoms with Gasteiger partial charge in [-0.1, -0.05) is 17.8 Å². The number of nitrogens with zero attached hydrogens (tertiary/aromatic N) is 2. The van der Waals surface area contributed by atoms with Gasteiger partial charge in [0, 0.05) is 11.1 Å². The van der Waals surface area contributed by atoms with Gasteiger partial charge < -0.3 is 10.1 Å². The summed E-state index contributed by atoms with van der Waals surface area (Å²) in [5, 5.41) is 4.28. The van der Waals surface area contributed by atoms with E-state index in [9.17, 15) is 9.59 Å². The minimum absolute atomic E-state index is 0.156. The number of anilines is 1. The van der Waals surface area contributed by atoms with Gasteiger partial charge in [0.1, 0.15) is 5.00 Å². The third-order valence-electron chi connectivity index (χ3n) is 4.55. The molecule has 6 nitrogen and oxygen atoms in total. The Labute approximate surface area is 164 Å². The summed E-state index contributed by atoms with van der Waals surface area (Å²) >= 11 is 2.86. The average Bonchev–Trinajstić information content (AvgIpc) is 3.26. The lowest BCUT2D eigenvalue weighted by Crippen LogP contribution is -2.16. The number of pyridine rings is 1. The summed E-state index contributed by atoms with van der Waals surface area (Å²) in [6.45, 7) is 0. The maximum Gasteiger partial charge on any atom is 0.341 e. The lowest BCUT2D eigenvalue weighted by Gasteiger charge is -2.11. The Hall–Kier alpha value is -2.32. The quantitative estimate of drug-likeness (QED) is 0.520. The van der Waals surface area contributed by atoms with Gasteiger partial charge in [-0.15, -0.1) is 11.3 Å². The lowest BCUT2D eigenvalue weighted by atomic mass is 9.95. The first kappa shape index (κ1) is 18.1. The summed E-state index contributed by atoms with van der Waals surface area (Å²) in [4.78, 5) is 30.3. The molecule has 0 atom stereocenters. The number of carbonyl (C=O) groups is 2. The van der Waals surface area contributed by atoms with E-state index in [0.29, 0.717) is 10.6 Å². The zero-order valence-corrected chi connectivity index (χ0v) is 16.5. The predicted octanol–water partition coefficient (Wildman–Crippen LogP) is 3.79. The number of aromatic nitrogens is 2. The van der Waals surface area contributed by atoms with Crippen LogP contribution in [0.4, 0.5) is 5.00 Å². The lowest BCUT2D eigenvalue weighted by molar-refractivity contribution is -0.113. The summed E-state index contributed by atoms with van der Waals surface area (Å²) in [6.07, 6.45) is 7.69. The first-order chi connectivity index (χ1) is 13.2. The Morgan fingerprint density at radius 1 is 1.33 bits per heavy atom. The number of aryl methyl sites for hydroxylation is 1. The molecule has 4 rings (SSSR count). The number of rotatable bonds is 5. The Morgan fingerprint density at radius 3 is 3.04 bits per heavy atom. The molecule has 0 saturated carbocycles. The first-order valence-corrected chi connectivity index (χ1v) is 10.5. The zero-order chi connectivity index (χ0) is 18.8. The molecule has 3 aromatic rings. The third kappa shape index (κ3) is 3.59. The number of carbonyl (C=O) groups excluding carboxylic acids is 2. The molecular weight excluding hydrogens is 382 g/mol. The van der Waals surface area contributed by atoms with Crippen molar-refractivity contribution in [3.63, 3.8) is 0 Å². The van der Waals surface area contributed by atoms with Crippen LogP contribution in [0.3, 0.4) is 0 Å². The van der Waals surface area contributed by atoms with Crippen LogP contribution in [0.2, 0.25) is 0 Å². The van der Waals surface area contributed by atoms with Crippen LogP contribution in [-0.2, 0) is 22.4 Å². The molecular formula is C19H19N3O3S2. The second-order valence-corrected chi connectivity index (χ2v) is 8.33. The van der Waals surface area contributed by atoms with E-state index in [2.05, 4.69) is 10.3 Å². The number of fused-ring (bicyclic) bond motifs is 2. The highest BCUT2D eigenvalue weighted by Crippen LogP contribution is 2.38. The highest BCUT2D eigenvalue weighted by atomic mass is 32.2. The Balaban J connectivity index is 1.49. The van der Waals surface area contributed by atoms with E-state index < -0.39 is 0 Å². The number of methoxy groups -OCH3 is 1. The number of hydrogen-bond acceptors (Lipinski definition) is 6. The van der Waals surface area contributed by atoms with E-state index in [1.54, 1.807) is 6.20 Å². The standard InChI is InChI=1S/C19H19N3O3S2/c1-25-18(24)16-13-7-2-3-8-14(13)27-17(16)21-15(23)11-26-19-20-10-12-6-4-5-9-22(12)19/h4-6,9-10H,2-3,7-8,11H2,1H3,(H,21,23). The Bertz CT molecular complexity index is 1010. The number of imidazole rings is 1. The van der Waals surface area contributed by atoms with Gasteiger partial charge in [0.05, 0.1) is 30.1 Å². The molecule has 0 radical (unpaired) electrons. The molecule has 0 aliphatic heterocycles. The minimum Gasteiger partial charge on any atom is -0.465 e. The summed E-state index contributed by atoms with van der Waals surface area (Å²) in [5.74, 6) is -0.315. The number of hydrogen-bond donors (Lipinski definition) is 1. The molecule has 3 aromatic heterocycles. The van der Waals surface area contributed by atoms with E-state index in [4.69, 9.17) is 4.74 Å². The van der Waals surface area contributed by atoms with Gasteiger partial charge in [0.2, 0.25) is 5.91 Å². The predicted molar refractivity (Wildman–Crippen MR) is 107 cm³/mol. The number of esters is 1. The van der Waals surface area contributed by atoms with Crippen molar-refractivity contribution in [1.82, 2.24) is 9.38 Å². The fraction of sp³-hybridized carbons (Fsp3) is 0.316. The van der Waals surface area contributed by atoms with Crippen LogP contribution in [0.5, 0.6) is 0 Å². The molecule has 1 aliphatic rings. The molecule has 1 aliphatic carbocycles. The van der Waals surface area contributed by atoms with Gasteiger partial charge in [-0.2, -0.15) is 0 Å². The normalized spacial score (nSPS) is 13.4. The molecule has 140 valence electrons. The van der Waals surface area contributed by atoms with Gasteiger partial charge in [-0.05, 0) is 43.4 Å². The van der Waals surface area contributed by atoms with Crippen molar-refractivity contribution >= 4 is 45.5 Å². The van der Waals surface area contributed by atoms with Crippen molar-refractivity contribution in [2.24, 2.45) is 0 Å². The smallest absolute Gasteiger partial charge is 0.341 e.